The van der Waals surface area contributed by atoms with Gasteiger partial charge in [-0.2, -0.15) is 0 Å². The summed E-state index contributed by atoms with van der Waals surface area (Å²) in [5.74, 6) is -0.519. The fourth-order valence-electron chi connectivity index (χ4n) is 1.33. The van der Waals surface area contributed by atoms with Gasteiger partial charge in [0.15, 0.2) is 0 Å². The molecule has 106 valence electrons. The SMILES string of the molecule is CN(Cc1ccc(Cl)cc1)C(=O)CNC(=O)CN.Cl. The molecule has 0 bridgehead atoms. The van der Waals surface area contributed by atoms with Gasteiger partial charge in [-0.25, -0.2) is 0 Å². The molecular weight excluding hydrogens is 289 g/mol. The number of nitrogens with one attached hydrogen (secondary N) is 1. The van der Waals surface area contributed by atoms with Gasteiger partial charge < -0.3 is 16.0 Å². The van der Waals surface area contributed by atoms with Gasteiger partial charge in [0.1, 0.15) is 0 Å². The Kier molecular flexibility index (Phi) is 8.14. The van der Waals surface area contributed by atoms with E-state index in [2.05, 4.69) is 5.32 Å². The summed E-state index contributed by atoms with van der Waals surface area (Å²) in [7, 11) is 1.67. The van der Waals surface area contributed by atoms with Crippen LogP contribution in [0.1, 0.15) is 5.56 Å². The van der Waals surface area contributed by atoms with Crippen molar-refractivity contribution in [3.8, 4) is 0 Å². The number of hydrogen-bond acceptors (Lipinski definition) is 3. The Labute approximate surface area is 123 Å². The second kappa shape index (κ2) is 8.74. The molecule has 19 heavy (non-hydrogen) atoms. The highest BCUT2D eigenvalue weighted by molar-refractivity contribution is 6.30. The molecule has 7 heteroatoms. The molecule has 0 unspecified atom stereocenters. The zero-order valence-corrected chi connectivity index (χ0v) is 12.1. The van der Waals surface area contributed by atoms with E-state index in [-0.39, 0.29) is 37.3 Å². The summed E-state index contributed by atoms with van der Waals surface area (Å²) < 4.78 is 0. The van der Waals surface area contributed by atoms with Crippen molar-refractivity contribution < 1.29 is 9.59 Å². The largest absolute Gasteiger partial charge is 0.346 e. The zero-order chi connectivity index (χ0) is 13.5. The number of halogens is 2. The molecule has 0 saturated carbocycles. The number of carbonyl (C=O) groups is 2. The molecule has 0 fully saturated rings. The maximum absolute atomic E-state index is 11.7. The molecule has 0 aliphatic heterocycles. The van der Waals surface area contributed by atoms with E-state index in [1.54, 1.807) is 19.2 Å². The Morgan fingerprint density at radius 3 is 2.42 bits per heavy atom. The predicted octanol–water partition coefficient (Wildman–Crippen LogP) is 0.795. The Bertz CT molecular complexity index is 423. The Balaban J connectivity index is 0.00000324. The van der Waals surface area contributed by atoms with Crippen LogP contribution in [0.15, 0.2) is 24.3 Å². The molecular formula is C12H17Cl2N3O2. The molecule has 1 rings (SSSR count). The van der Waals surface area contributed by atoms with Crippen molar-refractivity contribution >= 4 is 35.8 Å². The van der Waals surface area contributed by atoms with Gasteiger partial charge in [0.2, 0.25) is 11.8 Å². The van der Waals surface area contributed by atoms with Crippen molar-refractivity contribution in [2.24, 2.45) is 5.73 Å². The molecule has 1 aromatic rings. The first-order valence-electron chi connectivity index (χ1n) is 5.48. The monoisotopic (exact) mass is 305 g/mol. The van der Waals surface area contributed by atoms with Crippen LogP contribution < -0.4 is 11.1 Å². The van der Waals surface area contributed by atoms with Gasteiger partial charge in [-0.05, 0) is 17.7 Å². The van der Waals surface area contributed by atoms with Crippen LogP contribution >= 0.6 is 24.0 Å². The number of hydrogen-bond donors (Lipinski definition) is 2. The maximum Gasteiger partial charge on any atom is 0.242 e. The molecule has 0 atom stereocenters. The zero-order valence-electron chi connectivity index (χ0n) is 10.6. The van der Waals surface area contributed by atoms with Crippen LogP contribution in [0.2, 0.25) is 5.02 Å². The van der Waals surface area contributed by atoms with Gasteiger partial charge in [0, 0.05) is 18.6 Å². The minimum Gasteiger partial charge on any atom is -0.346 e. The average Bonchev–Trinajstić information content (AvgIpc) is 2.38. The van der Waals surface area contributed by atoms with E-state index in [1.165, 1.54) is 4.90 Å². The molecule has 0 heterocycles. The van der Waals surface area contributed by atoms with Crippen molar-refractivity contribution in [2.45, 2.75) is 6.54 Å². The van der Waals surface area contributed by atoms with Crippen molar-refractivity contribution in [3.63, 3.8) is 0 Å². The van der Waals surface area contributed by atoms with E-state index in [0.717, 1.165) is 5.56 Å². The summed E-state index contributed by atoms with van der Waals surface area (Å²) in [6.07, 6.45) is 0. The van der Waals surface area contributed by atoms with E-state index in [0.29, 0.717) is 11.6 Å². The first-order valence-corrected chi connectivity index (χ1v) is 5.86. The number of rotatable bonds is 5. The van der Waals surface area contributed by atoms with Crippen molar-refractivity contribution in [1.82, 2.24) is 10.2 Å². The fourth-order valence-corrected chi connectivity index (χ4v) is 1.46. The molecule has 5 nitrogen and oxygen atoms in total. The predicted molar refractivity (Wildman–Crippen MR) is 77.2 cm³/mol. The number of nitrogens with two attached hydrogens (primary N) is 1. The number of likely N-dealkylation sites (N-methyl/N-ethyl adjacent to an activating group) is 1. The lowest BCUT2D eigenvalue weighted by Gasteiger charge is -2.17. The number of benzene rings is 1. The summed E-state index contributed by atoms with van der Waals surface area (Å²) >= 11 is 5.77. The minimum absolute atomic E-state index is 0. The summed E-state index contributed by atoms with van der Waals surface area (Å²) in [6.45, 7) is 0.308. The lowest BCUT2D eigenvalue weighted by Crippen LogP contribution is -2.40. The Hall–Kier alpha value is -1.30. The van der Waals surface area contributed by atoms with Gasteiger partial charge in [-0.15, -0.1) is 12.4 Å². The lowest BCUT2D eigenvalue weighted by atomic mass is 10.2. The van der Waals surface area contributed by atoms with Crippen LogP contribution in [0.25, 0.3) is 0 Å². The highest BCUT2D eigenvalue weighted by Gasteiger charge is 2.10. The van der Waals surface area contributed by atoms with E-state index in [9.17, 15) is 9.59 Å². The quantitative estimate of drug-likeness (QED) is 0.845. The van der Waals surface area contributed by atoms with Crippen LogP contribution in [-0.2, 0) is 16.1 Å². The average molecular weight is 306 g/mol. The van der Waals surface area contributed by atoms with Crippen LogP contribution in [0.4, 0.5) is 0 Å². The molecule has 0 spiro atoms. The fraction of sp³-hybridized carbons (Fsp3) is 0.333. The van der Waals surface area contributed by atoms with Crippen LogP contribution in [0.3, 0.4) is 0 Å². The Morgan fingerprint density at radius 2 is 1.89 bits per heavy atom. The molecule has 2 amide bonds. The molecule has 3 N–H and O–H groups in total. The highest BCUT2D eigenvalue weighted by Crippen LogP contribution is 2.10. The van der Waals surface area contributed by atoms with Gasteiger partial charge in [-0.3, -0.25) is 9.59 Å². The molecule has 0 aromatic heterocycles. The second-order valence-corrected chi connectivity index (χ2v) is 4.29. The van der Waals surface area contributed by atoms with Crippen molar-refractivity contribution in [3.05, 3.63) is 34.9 Å². The third-order valence-corrected chi connectivity index (χ3v) is 2.63. The third-order valence-electron chi connectivity index (χ3n) is 2.38. The second-order valence-electron chi connectivity index (χ2n) is 3.86. The molecule has 0 saturated heterocycles. The molecule has 1 aromatic carbocycles. The number of amides is 2. The van der Waals surface area contributed by atoms with Gasteiger partial charge >= 0.3 is 0 Å². The van der Waals surface area contributed by atoms with E-state index in [4.69, 9.17) is 17.3 Å². The van der Waals surface area contributed by atoms with Crippen LogP contribution in [0, 0.1) is 0 Å². The summed E-state index contributed by atoms with van der Waals surface area (Å²) in [6, 6.07) is 7.24. The van der Waals surface area contributed by atoms with Gasteiger partial charge in [0.25, 0.3) is 0 Å². The summed E-state index contributed by atoms with van der Waals surface area (Å²) in [5, 5.41) is 3.09. The normalized spacial score (nSPS) is 9.42. The van der Waals surface area contributed by atoms with Crippen LogP contribution in [0.5, 0.6) is 0 Å². The smallest absolute Gasteiger partial charge is 0.242 e. The van der Waals surface area contributed by atoms with E-state index >= 15 is 0 Å². The third kappa shape index (κ3) is 6.42. The minimum atomic E-state index is -0.344. The van der Waals surface area contributed by atoms with Crippen molar-refractivity contribution in [1.29, 1.82) is 0 Å². The Morgan fingerprint density at radius 1 is 1.32 bits per heavy atom. The topological polar surface area (TPSA) is 75.4 Å². The summed E-state index contributed by atoms with van der Waals surface area (Å²) in [4.78, 5) is 24.1. The van der Waals surface area contributed by atoms with Gasteiger partial charge in [-0.1, -0.05) is 23.7 Å². The van der Waals surface area contributed by atoms with Crippen LogP contribution in [-0.4, -0.2) is 36.9 Å². The highest BCUT2D eigenvalue weighted by atomic mass is 35.5. The number of carbonyl (C=O) groups excluding carboxylic acids is 2. The summed E-state index contributed by atoms with van der Waals surface area (Å²) in [5.41, 5.74) is 6.10. The molecule has 0 aliphatic carbocycles. The first kappa shape index (κ1) is 17.7. The standard InChI is InChI=1S/C12H16ClN3O2.ClH/c1-16(12(18)7-15-11(17)6-14)8-9-2-4-10(13)5-3-9;/h2-5H,6-8,14H2,1H3,(H,15,17);1H. The van der Waals surface area contributed by atoms with Crippen molar-refractivity contribution in [2.75, 3.05) is 20.1 Å². The first-order chi connectivity index (χ1) is 8.52. The maximum atomic E-state index is 11.7. The van der Waals surface area contributed by atoms with E-state index < -0.39 is 0 Å². The molecule has 0 radical (unpaired) electrons. The number of nitrogens with zero attached hydrogens (tertiary/aromatic N) is 1. The van der Waals surface area contributed by atoms with E-state index in [1.807, 2.05) is 12.1 Å². The lowest BCUT2D eigenvalue weighted by molar-refractivity contribution is -0.131. The molecule has 0 aliphatic rings. The van der Waals surface area contributed by atoms with Gasteiger partial charge in [0.05, 0.1) is 13.1 Å².